The number of allylic oxidation sites excluding steroid dienone is 1. The normalized spacial score (nSPS) is 29.1. The second-order valence-corrected chi connectivity index (χ2v) is 8.40. The molecule has 0 aliphatic heterocycles. The molecule has 0 amide bonds. The summed E-state index contributed by atoms with van der Waals surface area (Å²) in [5.41, 5.74) is 0.762. The topological polar surface area (TPSA) is 74.6 Å². The van der Waals surface area contributed by atoms with Crippen molar-refractivity contribution in [3.8, 4) is 0 Å². The minimum atomic E-state index is -4.31. The second-order valence-electron chi connectivity index (χ2n) is 8.40. The SMILES string of the molecule is C=C(CCC(F)(F)F)C(=O)O.CC(=CC1CC2CCC1(C)C2(C)C)C(=O)O. The van der Waals surface area contributed by atoms with Gasteiger partial charge in [-0.2, -0.15) is 13.2 Å². The highest BCUT2D eigenvalue weighted by atomic mass is 19.4. The Bertz CT molecular complexity index is 634. The smallest absolute Gasteiger partial charge is 0.389 e. The first-order valence-electron chi connectivity index (χ1n) is 9.01. The van der Waals surface area contributed by atoms with E-state index in [0.717, 1.165) is 5.92 Å². The maximum absolute atomic E-state index is 11.4. The van der Waals surface area contributed by atoms with Crippen LogP contribution in [0, 0.1) is 22.7 Å². The lowest BCUT2D eigenvalue weighted by molar-refractivity contribution is -0.138. The molecule has 0 saturated heterocycles. The Balaban J connectivity index is 0.000000293. The van der Waals surface area contributed by atoms with E-state index >= 15 is 0 Å². The van der Waals surface area contributed by atoms with E-state index in [1.807, 2.05) is 6.08 Å². The van der Waals surface area contributed by atoms with Gasteiger partial charge in [0.15, 0.2) is 0 Å². The van der Waals surface area contributed by atoms with Crippen LogP contribution in [-0.4, -0.2) is 28.3 Å². The molecule has 0 heterocycles. The van der Waals surface area contributed by atoms with E-state index < -0.39 is 36.5 Å². The largest absolute Gasteiger partial charge is 0.478 e. The van der Waals surface area contributed by atoms with Crippen molar-refractivity contribution in [2.75, 3.05) is 0 Å². The lowest BCUT2D eigenvalue weighted by Gasteiger charge is -2.38. The van der Waals surface area contributed by atoms with Gasteiger partial charge in [0.05, 0.1) is 0 Å². The highest BCUT2D eigenvalue weighted by Crippen LogP contribution is 2.68. The van der Waals surface area contributed by atoms with Crippen molar-refractivity contribution < 1.29 is 33.0 Å². The van der Waals surface area contributed by atoms with Crippen molar-refractivity contribution in [1.29, 1.82) is 0 Å². The number of halogens is 3. The number of carbonyl (C=O) groups is 2. The number of rotatable bonds is 5. The average Bonchev–Trinajstić information content (AvgIpc) is 2.85. The van der Waals surface area contributed by atoms with Crippen molar-refractivity contribution in [1.82, 2.24) is 0 Å². The number of carboxylic acids is 2. The molecule has 2 saturated carbocycles. The van der Waals surface area contributed by atoms with Gasteiger partial charge in [-0.3, -0.25) is 0 Å². The Morgan fingerprint density at radius 1 is 1.19 bits per heavy atom. The molecule has 27 heavy (non-hydrogen) atoms. The van der Waals surface area contributed by atoms with Gasteiger partial charge in [0.25, 0.3) is 0 Å². The summed E-state index contributed by atoms with van der Waals surface area (Å²) in [6.45, 7) is 11.7. The van der Waals surface area contributed by atoms with Crippen molar-refractivity contribution >= 4 is 11.9 Å². The van der Waals surface area contributed by atoms with Crippen LogP contribution in [0.15, 0.2) is 23.8 Å². The fourth-order valence-electron chi connectivity index (χ4n) is 4.29. The predicted molar refractivity (Wildman–Crippen MR) is 96.2 cm³/mol. The number of hydrogen-bond acceptors (Lipinski definition) is 2. The molecule has 0 radical (unpaired) electrons. The van der Waals surface area contributed by atoms with Crippen LogP contribution in [0.5, 0.6) is 0 Å². The van der Waals surface area contributed by atoms with Gasteiger partial charge in [0.2, 0.25) is 0 Å². The molecule has 0 spiro atoms. The number of aliphatic carboxylic acids is 2. The Hall–Kier alpha value is -1.79. The van der Waals surface area contributed by atoms with Crippen molar-refractivity contribution in [2.45, 2.75) is 66.0 Å². The summed E-state index contributed by atoms with van der Waals surface area (Å²) in [6, 6.07) is 0. The zero-order valence-corrected chi connectivity index (χ0v) is 16.3. The summed E-state index contributed by atoms with van der Waals surface area (Å²) in [5, 5.41) is 17.1. The third-order valence-electron chi connectivity index (χ3n) is 6.66. The molecular weight excluding hydrogens is 361 g/mol. The summed E-state index contributed by atoms with van der Waals surface area (Å²) < 4.78 is 34.3. The molecule has 2 aliphatic rings. The third kappa shape index (κ3) is 5.36. The summed E-state index contributed by atoms with van der Waals surface area (Å²) in [4.78, 5) is 20.8. The summed E-state index contributed by atoms with van der Waals surface area (Å²) in [7, 11) is 0. The van der Waals surface area contributed by atoms with Gasteiger partial charge in [0.1, 0.15) is 0 Å². The van der Waals surface area contributed by atoms with Gasteiger partial charge in [-0.15, -0.1) is 0 Å². The summed E-state index contributed by atoms with van der Waals surface area (Å²) >= 11 is 0. The van der Waals surface area contributed by atoms with Crippen molar-refractivity contribution in [3.05, 3.63) is 23.8 Å². The van der Waals surface area contributed by atoms with Crippen molar-refractivity contribution in [3.63, 3.8) is 0 Å². The number of alkyl halides is 3. The van der Waals surface area contributed by atoms with E-state index in [-0.39, 0.29) is 0 Å². The molecule has 0 aromatic rings. The molecule has 2 rings (SSSR count). The van der Waals surface area contributed by atoms with Crippen LogP contribution in [0.25, 0.3) is 0 Å². The fourth-order valence-corrected chi connectivity index (χ4v) is 4.29. The summed E-state index contributed by atoms with van der Waals surface area (Å²) in [5.74, 6) is -0.920. The van der Waals surface area contributed by atoms with E-state index in [4.69, 9.17) is 10.2 Å². The number of hydrogen-bond donors (Lipinski definition) is 2. The van der Waals surface area contributed by atoms with Crippen molar-refractivity contribution in [2.24, 2.45) is 22.7 Å². The Labute approximate surface area is 158 Å². The van der Waals surface area contributed by atoms with Crippen LogP contribution < -0.4 is 0 Å². The minimum Gasteiger partial charge on any atom is -0.478 e. The van der Waals surface area contributed by atoms with E-state index in [2.05, 4.69) is 27.4 Å². The molecule has 4 nitrogen and oxygen atoms in total. The molecule has 2 fully saturated rings. The average molecular weight is 390 g/mol. The number of carboxylic acid groups (broad SMARTS) is 2. The molecule has 2 N–H and O–H groups in total. The Morgan fingerprint density at radius 2 is 1.74 bits per heavy atom. The van der Waals surface area contributed by atoms with E-state index in [9.17, 15) is 22.8 Å². The standard InChI is InChI=1S/C14H22O2.C6H7F3O2/c1-9(12(15)16)7-11-8-10-5-6-14(11,4)13(10,2)3;1-4(5(10)11)2-3-6(7,8)9/h7,10-11H,5-6,8H2,1-4H3,(H,15,16);1-3H2,(H,10,11). The van der Waals surface area contributed by atoms with Crippen LogP contribution in [0.4, 0.5) is 13.2 Å². The van der Waals surface area contributed by atoms with Gasteiger partial charge in [-0.25, -0.2) is 9.59 Å². The lowest BCUT2D eigenvalue weighted by atomic mass is 9.66. The van der Waals surface area contributed by atoms with Gasteiger partial charge in [-0.1, -0.05) is 33.4 Å². The van der Waals surface area contributed by atoms with Gasteiger partial charge in [-0.05, 0) is 55.3 Å². The highest BCUT2D eigenvalue weighted by molar-refractivity contribution is 5.86. The monoisotopic (exact) mass is 390 g/mol. The number of fused-ring (bicyclic) bond motifs is 2. The first-order valence-corrected chi connectivity index (χ1v) is 9.01. The van der Waals surface area contributed by atoms with E-state index in [0.29, 0.717) is 22.3 Å². The van der Waals surface area contributed by atoms with E-state index in [1.54, 1.807) is 6.92 Å². The zero-order valence-electron chi connectivity index (χ0n) is 16.3. The van der Waals surface area contributed by atoms with Crippen LogP contribution in [0.2, 0.25) is 0 Å². The predicted octanol–water partition coefficient (Wildman–Crippen LogP) is 5.45. The maximum Gasteiger partial charge on any atom is 0.389 e. The second kappa shape index (κ2) is 8.07. The lowest BCUT2D eigenvalue weighted by Crippen LogP contribution is -2.31. The third-order valence-corrected chi connectivity index (χ3v) is 6.66. The van der Waals surface area contributed by atoms with Gasteiger partial charge < -0.3 is 10.2 Å². The molecule has 2 bridgehead atoms. The van der Waals surface area contributed by atoms with Gasteiger partial charge in [0, 0.05) is 17.6 Å². The molecule has 3 unspecified atom stereocenters. The first kappa shape index (κ1) is 23.2. The molecule has 3 atom stereocenters. The molecular formula is C20H29F3O4. The zero-order chi connectivity index (χ0) is 21.2. The molecule has 154 valence electrons. The maximum atomic E-state index is 11.4. The molecule has 7 heteroatoms. The van der Waals surface area contributed by atoms with Crippen LogP contribution in [0.3, 0.4) is 0 Å². The van der Waals surface area contributed by atoms with Crippen LogP contribution >= 0.6 is 0 Å². The molecule has 0 aromatic heterocycles. The first-order chi connectivity index (χ1) is 12.1. The quantitative estimate of drug-likeness (QED) is 0.612. The Kier molecular flexibility index (Phi) is 6.95. The minimum absolute atomic E-state index is 0.300. The van der Waals surface area contributed by atoms with Crippen LogP contribution in [0.1, 0.15) is 59.8 Å². The van der Waals surface area contributed by atoms with Gasteiger partial charge >= 0.3 is 18.1 Å². The molecule has 0 aromatic carbocycles. The molecule has 2 aliphatic carbocycles. The van der Waals surface area contributed by atoms with Crippen LogP contribution in [-0.2, 0) is 9.59 Å². The summed E-state index contributed by atoms with van der Waals surface area (Å²) in [6.07, 6.45) is -0.231. The highest BCUT2D eigenvalue weighted by Gasteiger charge is 2.60. The van der Waals surface area contributed by atoms with E-state index in [1.165, 1.54) is 19.3 Å². The Morgan fingerprint density at radius 3 is 2.07 bits per heavy atom. The fraction of sp³-hybridized carbons (Fsp3) is 0.700.